The highest BCUT2D eigenvalue weighted by atomic mass is 35.5. The smallest absolute Gasteiger partial charge is 0.340 e. The van der Waals surface area contributed by atoms with E-state index in [0.717, 1.165) is 27.6 Å². The van der Waals surface area contributed by atoms with Gasteiger partial charge in [-0.15, -0.1) is 0 Å². The molecule has 0 saturated carbocycles. The minimum Gasteiger partial charge on any atom is -0.476 e. The molecule has 0 amide bonds. The van der Waals surface area contributed by atoms with Crippen molar-refractivity contribution in [3.8, 4) is 5.75 Å². The molecular formula is C26H21ClFNO3. The Bertz CT molecular complexity index is 1350. The fourth-order valence-electron chi connectivity index (χ4n) is 4.21. The van der Waals surface area contributed by atoms with Gasteiger partial charge in [0.1, 0.15) is 23.9 Å². The Labute approximate surface area is 189 Å². The third kappa shape index (κ3) is 3.90. The van der Waals surface area contributed by atoms with E-state index in [9.17, 15) is 9.18 Å². The lowest BCUT2D eigenvalue weighted by Gasteiger charge is -2.30. The Morgan fingerprint density at radius 3 is 2.56 bits per heavy atom. The monoisotopic (exact) mass is 449 g/mol. The third-order valence-corrected chi connectivity index (χ3v) is 6.18. The second kappa shape index (κ2) is 8.41. The number of hydrogen-bond donors (Lipinski definition) is 0. The summed E-state index contributed by atoms with van der Waals surface area (Å²) in [5.41, 5.74) is 4.41. The van der Waals surface area contributed by atoms with Crippen molar-refractivity contribution in [1.82, 2.24) is 4.90 Å². The van der Waals surface area contributed by atoms with Gasteiger partial charge in [-0.1, -0.05) is 54.1 Å². The van der Waals surface area contributed by atoms with Gasteiger partial charge in [0.05, 0.1) is 10.6 Å². The fourth-order valence-corrected chi connectivity index (χ4v) is 4.49. The minimum atomic E-state index is -0.348. The van der Waals surface area contributed by atoms with Crippen molar-refractivity contribution in [3.05, 3.63) is 110 Å². The second-order valence-electron chi connectivity index (χ2n) is 8.09. The van der Waals surface area contributed by atoms with Crippen LogP contribution in [-0.4, -0.2) is 11.6 Å². The van der Waals surface area contributed by atoms with Crippen LogP contribution in [0.4, 0.5) is 4.39 Å². The van der Waals surface area contributed by atoms with Crippen LogP contribution < -0.4 is 10.4 Å². The lowest BCUT2D eigenvalue weighted by atomic mass is 9.97. The molecule has 32 heavy (non-hydrogen) atoms. The average Bonchev–Trinajstić information content (AvgIpc) is 2.80. The summed E-state index contributed by atoms with van der Waals surface area (Å²) in [6.45, 7) is 3.35. The van der Waals surface area contributed by atoms with Crippen molar-refractivity contribution in [1.29, 1.82) is 0 Å². The number of aryl methyl sites for hydroxylation is 1. The fraction of sp³-hybridized carbons (Fsp3) is 0.192. The maximum absolute atomic E-state index is 13.2. The van der Waals surface area contributed by atoms with Gasteiger partial charge in [0, 0.05) is 30.5 Å². The first-order valence-corrected chi connectivity index (χ1v) is 10.8. The molecule has 3 aromatic carbocycles. The average molecular weight is 450 g/mol. The van der Waals surface area contributed by atoms with E-state index in [4.69, 9.17) is 20.8 Å². The van der Waals surface area contributed by atoms with Crippen molar-refractivity contribution in [3.63, 3.8) is 0 Å². The number of benzene rings is 3. The van der Waals surface area contributed by atoms with E-state index in [1.165, 1.54) is 12.1 Å². The highest BCUT2D eigenvalue weighted by Crippen LogP contribution is 2.40. The molecule has 4 nitrogen and oxygen atoms in total. The highest BCUT2D eigenvalue weighted by molar-refractivity contribution is 6.33. The molecule has 4 aromatic rings. The SMILES string of the molecule is Cc1c(Cc2ccccc2)c(=O)oc2c3c(c(Cl)cc12)OCN(Cc1ccc(F)cc1)C3. The first-order valence-electron chi connectivity index (χ1n) is 10.4. The van der Waals surface area contributed by atoms with Gasteiger partial charge in [-0.05, 0) is 41.8 Å². The maximum Gasteiger partial charge on any atom is 0.340 e. The molecule has 0 unspecified atom stereocenters. The number of halogens is 2. The van der Waals surface area contributed by atoms with Gasteiger partial charge in [-0.25, -0.2) is 9.18 Å². The van der Waals surface area contributed by atoms with Crippen LogP contribution in [0.3, 0.4) is 0 Å². The van der Waals surface area contributed by atoms with Crippen LogP contribution >= 0.6 is 11.6 Å². The molecule has 1 aliphatic heterocycles. The molecule has 0 spiro atoms. The summed E-state index contributed by atoms with van der Waals surface area (Å²) in [5, 5.41) is 1.31. The Morgan fingerprint density at radius 1 is 1.06 bits per heavy atom. The van der Waals surface area contributed by atoms with E-state index in [1.54, 1.807) is 12.1 Å². The molecule has 0 fully saturated rings. The van der Waals surface area contributed by atoms with E-state index >= 15 is 0 Å². The molecule has 6 heteroatoms. The molecule has 1 aromatic heterocycles. The number of fused-ring (bicyclic) bond motifs is 3. The first kappa shape index (κ1) is 20.7. The van der Waals surface area contributed by atoms with E-state index in [1.807, 2.05) is 43.3 Å². The van der Waals surface area contributed by atoms with Gasteiger partial charge in [-0.3, -0.25) is 4.90 Å². The molecule has 0 bridgehead atoms. The van der Waals surface area contributed by atoms with E-state index in [2.05, 4.69) is 4.90 Å². The number of hydrogen-bond acceptors (Lipinski definition) is 4. The number of nitrogens with zero attached hydrogens (tertiary/aromatic N) is 1. The van der Waals surface area contributed by atoms with Gasteiger partial charge in [0.25, 0.3) is 0 Å². The molecule has 2 heterocycles. The number of ether oxygens (including phenoxy) is 1. The third-order valence-electron chi connectivity index (χ3n) is 5.89. The topological polar surface area (TPSA) is 42.7 Å². The molecule has 162 valence electrons. The van der Waals surface area contributed by atoms with Gasteiger partial charge < -0.3 is 9.15 Å². The molecule has 0 radical (unpaired) electrons. The van der Waals surface area contributed by atoms with Crippen molar-refractivity contribution >= 4 is 22.6 Å². The predicted molar refractivity (Wildman–Crippen MR) is 123 cm³/mol. The molecule has 1 aliphatic rings. The first-order chi connectivity index (χ1) is 15.5. The highest BCUT2D eigenvalue weighted by Gasteiger charge is 2.26. The van der Waals surface area contributed by atoms with Crippen LogP contribution in [-0.2, 0) is 19.5 Å². The molecule has 0 atom stereocenters. The Hall–Kier alpha value is -3.15. The Balaban J connectivity index is 1.54. The lowest BCUT2D eigenvalue weighted by molar-refractivity contribution is 0.0890. The summed E-state index contributed by atoms with van der Waals surface area (Å²) in [7, 11) is 0. The molecule has 0 aliphatic carbocycles. The second-order valence-corrected chi connectivity index (χ2v) is 8.49. The quantitative estimate of drug-likeness (QED) is 0.367. The number of rotatable bonds is 4. The lowest BCUT2D eigenvalue weighted by Crippen LogP contribution is -2.32. The zero-order valence-corrected chi connectivity index (χ0v) is 18.3. The molecule has 0 N–H and O–H groups in total. The Kier molecular flexibility index (Phi) is 5.45. The van der Waals surface area contributed by atoms with Crippen molar-refractivity contribution in [2.75, 3.05) is 6.73 Å². The van der Waals surface area contributed by atoms with Gasteiger partial charge in [-0.2, -0.15) is 0 Å². The van der Waals surface area contributed by atoms with Crippen LogP contribution in [0.5, 0.6) is 5.75 Å². The van der Waals surface area contributed by atoms with Gasteiger partial charge >= 0.3 is 5.63 Å². The van der Waals surface area contributed by atoms with Crippen LogP contribution in [0, 0.1) is 12.7 Å². The van der Waals surface area contributed by atoms with Crippen molar-refractivity contribution in [2.45, 2.75) is 26.4 Å². The Morgan fingerprint density at radius 2 is 1.81 bits per heavy atom. The summed E-state index contributed by atoms with van der Waals surface area (Å²) in [6.07, 6.45) is 0.493. The zero-order chi connectivity index (χ0) is 22.2. The summed E-state index contributed by atoms with van der Waals surface area (Å²) in [6, 6.07) is 18.0. The maximum atomic E-state index is 13.2. The van der Waals surface area contributed by atoms with E-state index in [-0.39, 0.29) is 11.4 Å². The molecule has 0 saturated heterocycles. The summed E-state index contributed by atoms with van der Waals surface area (Å²) < 4.78 is 25.0. The van der Waals surface area contributed by atoms with Crippen LogP contribution in [0.15, 0.2) is 69.9 Å². The zero-order valence-electron chi connectivity index (χ0n) is 17.5. The summed E-state index contributed by atoms with van der Waals surface area (Å²) in [4.78, 5) is 15.0. The van der Waals surface area contributed by atoms with Gasteiger partial charge in [0.15, 0.2) is 0 Å². The van der Waals surface area contributed by atoms with E-state index in [0.29, 0.717) is 48.2 Å². The standard InChI is InChI=1S/C26H21ClFNO3/c1-16-20-12-23(27)25-22(14-29(15-31-25)13-18-7-9-19(28)10-8-18)24(20)32-26(30)21(16)11-17-5-3-2-4-6-17/h2-10,12H,11,13-15H2,1H3. The molecule has 5 rings (SSSR count). The van der Waals surface area contributed by atoms with Crippen molar-refractivity contribution < 1.29 is 13.5 Å². The minimum absolute atomic E-state index is 0.268. The predicted octanol–water partition coefficient (Wildman–Crippen LogP) is 5.84. The van der Waals surface area contributed by atoms with Crippen LogP contribution in [0.1, 0.15) is 27.8 Å². The van der Waals surface area contributed by atoms with Crippen LogP contribution in [0.25, 0.3) is 11.0 Å². The normalized spacial score (nSPS) is 13.7. The van der Waals surface area contributed by atoms with E-state index < -0.39 is 0 Å². The largest absolute Gasteiger partial charge is 0.476 e. The van der Waals surface area contributed by atoms with Crippen LogP contribution in [0.2, 0.25) is 5.02 Å². The summed E-state index contributed by atoms with van der Waals surface area (Å²) >= 11 is 6.57. The summed E-state index contributed by atoms with van der Waals surface area (Å²) in [5.74, 6) is 0.281. The van der Waals surface area contributed by atoms with Crippen molar-refractivity contribution in [2.24, 2.45) is 0 Å². The van der Waals surface area contributed by atoms with Gasteiger partial charge in [0.2, 0.25) is 0 Å². The molecular weight excluding hydrogens is 429 g/mol.